The van der Waals surface area contributed by atoms with Crippen molar-refractivity contribution in [1.29, 1.82) is 0 Å². The number of nitrogens with zero attached hydrogens (tertiary/aromatic N) is 1. The van der Waals surface area contributed by atoms with Crippen LogP contribution in [0.5, 0.6) is 0 Å². The summed E-state index contributed by atoms with van der Waals surface area (Å²) >= 11 is 10.7. The molecule has 116 valence electrons. The van der Waals surface area contributed by atoms with Crippen LogP contribution in [0.2, 0.25) is 0 Å². The van der Waals surface area contributed by atoms with E-state index in [4.69, 9.17) is 11.6 Å². The molecule has 23 heavy (non-hydrogen) atoms. The summed E-state index contributed by atoms with van der Waals surface area (Å²) in [4.78, 5) is 28.2. The van der Waals surface area contributed by atoms with E-state index in [9.17, 15) is 9.59 Å². The summed E-state index contributed by atoms with van der Waals surface area (Å²) in [6.45, 7) is 0. The normalized spacial score (nSPS) is 13.9. The molecular weight excluding hydrogens is 396 g/mol. The highest BCUT2D eigenvalue weighted by molar-refractivity contribution is 9.10. The second kappa shape index (κ2) is 6.71. The highest BCUT2D eigenvalue weighted by Gasteiger charge is 2.28. The van der Waals surface area contributed by atoms with E-state index in [2.05, 4.69) is 15.9 Å². The fourth-order valence-electron chi connectivity index (χ4n) is 2.47. The molecule has 7 heteroatoms. The topological polar surface area (TPSA) is 37.4 Å². The number of hydrogen-bond acceptors (Lipinski definition) is 3. The minimum absolute atomic E-state index is 0.0186. The third kappa shape index (κ3) is 3.07. The number of alkyl halides is 2. The van der Waals surface area contributed by atoms with Crippen molar-refractivity contribution in [3.8, 4) is 0 Å². The molecule has 1 heterocycles. The second-order valence-electron chi connectivity index (χ2n) is 5.10. The van der Waals surface area contributed by atoms with Crippen LogP contribution in [0.3, 0.4) is 0 Å². The summed E-state index contributed by atoms with van der Waals surface area (Å²) in [5.74, 6) is -0.349. The Morgan fingerprint density at radius 3 is 2.57 bits per heavy atom. The maximum atomic E-state index is 12.4. The van der Waals surface area contributed by atoms with Gasteiger partial charge in [0, 0.05) is 20.1 Å². The standard InChI is InChI=1S/C16H12BBrClNO2S/c17-16(18)15(22)9-5-6-13-11(7-9)20(14(21)8-19)10-3-1-2-4-12(10)23-13/h1-7,16H,8,17H2. The Labute approximate surface area is 152 Å². The van der Waals surface area contributed by atoms with Gasteiger partial charge in [-0.25, -0.2) is 0 Å². The number of fused-ring (bicyclic) bond motifs is 2. The van der Waals surface area contributed by atoms with Gasteiger partial charge in [0.05, 0.1) is 11.4 Å². The lowest BCUT2D eigenvalue weighted by Crippen LogP contribution is -2.29. The maximum Gasteiger partial charge on any atom is 0.246 e. The van der Waals surface area contributed by atoms with Crippen LogP contribution < -0.4 is 4.90 Å². The van der Waals surface area contributed by atoms with Gasteiger partial charge in [0.2, 0.25) is 5.91 Å². The van der Waals surface area contributed by atoms with Crippen LogP contribution >= 0.6 is 39.3 Å². The predicted molar refractivity (Wildman–Crippen MR) is 100 cm³/mol. The number of amides is 1. The minimum atomic E-state index is -0.277. The van der Waals surface area contributed by atoms with Gasteiger partial charge in [-0.05, 0) is 24.3 Å². The quantitative estimate of drug-likeness (QED) is 0.443. The molecule has 0 spiro atoms. The largest absolute Gasteiger partial charge is 0.294 e. The summed E-state index contributed by atoms with van der Waals surface area (Å²) in [5.41, 5.74) is 2.07. The van der Waals surface area contributed by atoms with Gasteiger partial charge in [-0.3, -0.25) is 14.5 Å². The van der Waals surface area contributed by atoms with Gasteiger partial charge >= 0.3 is 0 Å². The van der Waals surface area contributed by atoms with Crippen molar-refractivity contribution in [3.63, 3.8) is 0 Å². The summed E-state index contributed by atoms with van der Waals surface area (Å²) < 4.78 is -0.277. The number of rotatable bonds is 3. The Kier molecular flexibility index (Phi) is 4.85. The highest BCUT2D eigenvalue weighted by Crippen LogP contribution is 2.48. The van der Waals surface area contributed by atoms with Gasteiger partial charge in [0.1, 0.15) is 13.7 Å². The van der Waals surface area contributed by atoms with E-state index in [0.717, 1.165) is 15.5 Å². The van der Waals surface area contributed by atoms with Crippen LogP contribution in [0.1, 0.15) is 10.4 Å². The van der Waals surface area contributed by atoms with Crippen LogP contribution in [-0.2, 0) is 4.79 Å². The molecule has 3 nitrogen and oxygen atoms in total. The van der Waals surface area contributed by atoms with Crippen molar-refractivity contribution in [2.24, 2.45) is 0 Å². The zero-order valence-corrected chi connectivity index (χ0v) is 15.4. The number of ketones is 1. The van der Waals surface area contributed by atoms with Gasteiger partial charge in [0.25, 0.3) is 0 Å². The summed E-state index contributed by atoms with van der Waals surface area (Å²) in [7, 11) is 1.79. The number of benzene rings is 2. The maximum absolute atomic E-state index is 12.4. The Morgan fingerprint density at radius 1 is 1.17 bits per heavy atom. The van der Waals surface area contributed by atoms with Crippen molar-refractivity contribution < 1.29 is 9.59 Å². The molecule has 2 aromatic carbocycles. The van der Waals surface area contributed by atoms with E-state index in [1.807, 2.05) is 30.3 Å². The Morgan fingerprint density at radius 2 is 1.87 bits per heavy atom. The Bertz CT molecular complexity index is 799. The zero-order chi connectivity index (χ0) is 16.6. The van der Waals surface area contributed by atoms with Crippen molar-refractivity contribution in [2.45, 2.75) is 14.5 Å². The van der Waals surface area contributed by atoms with Gasteiger partial charge < -0.3 is 0 Å². The average molecular weight is 409 g/mol. The number of carbonyl (C=O) groups is 2. The van der Waals surface area contributed by atoms with Crippen molar-refractivity contribution in [2.75, 3.05) is 10.8 Å². The molecule has 0 aromatic heterocycles. The molecule has 0 radical (unpaired) electrons. The zero-order valence-electron chi connectivity index (χ0n) is 12.3. The first kappa shape index (κ1) is 16.6. The molecular formula is C16H12BBrClNO2S. The fraction of sp³-hybridized carbons (Fsp3) is 0.125. The van der Waals surface area contributed by atoms with Crippen LogP contribution in [0.25, 0.3) is 0 Å². The van der Waals surface area contributed by atoms with Crippen molar-refractivity contribution in [3.05, 3.63) is 48.0 Å². The van der Waals surface area contributed by atoms with E-state index in [1.54, 1.807) is 36.6 Å². The third-order valence-corrected chi connectivity index (χ3v) is 5.31. The molecule has 0 bridgehead atoms. The first-order valence-electron chi connectivity index (χ1n) is 7.01. The molecule has 2 aromatic rings. The Hall–Kier alpha value is -1.24. The minimum Gasteiger partial charge on any atom is -0.294 e. The molecule has 3 rings (SSSR count). The van der Waals surface area contributed by atoms with Gasteiger partial charge in [-0.15, -0.1) is 11.6 Å². The monoisotopic (exact) mass is 407 g/mol. The molecule has 0 saturated heterocycles. The SMILES string of the molecule is BC(Br)C(=O)c1ccc2c(c1)N(C(=O)CCl)c1ccccc1S2. The smallest absolute Gasteiger partial charge is 0.246 e. The number of halogens is 2. The van der Waals surface area contributed by atoms with E-state index < -0.39 is 0 Å². The lowest BCUT2D eigenvalue weighted by atomic mass is 9.95. The first-order valence-corrected chi connectivity index (χ1v) is 9.27. The molecule has 1 amide bonds. The lowest BCUT2D eigenvalue weighted by molar-refractivity contribution is -0.115. The van der Waals surface area contributed by atoms with Crippen LogP contribution in [-0.4, -0.2) is 30.1 Å². The van der Waals surface area contributed by atoms with Crippen molar-refractivity contribution >= 4 is 70.2 Å². The number of carbonyl (C=O) groups excluding carboxylic acids is 2. The van der Waals surface area contributed by atoms with Crippen LogP contribution in [0.15, 0.2) is 52.3 Å². The molecule has 0 saturated carbocycles. The predicted octanol–water partition coefficient (Wildman–Crippen LogP) is 3.59. The van der Waals surface area contributed by atoms with E-state index in [-0.39, 0.29) is 22.3 Å². The number of para-hydroxylation sites is 1. The number of hydrogen-bond donors (Lipinski definition) is 0. The molecule has 1 atom stereocenters. The summed E-state index contributed by atoms with van der Waals surface area (Å²) in [6, 6.07) is 13.1. The molecule has 0 fully saturated rings. The Balaban J connectivity index is 2.15. The van der Waals surface area contributed by atoms with Crippen molar-refractivity contribution in [1.82, 2.24) is 0 Å². The van der Waals surface area contributed by atoms with E-state index >= 15 is 0 Å². The molecule has 1 aliphatic rings. The molecule has 0 N–H and O–H groups in total. The number of anilines is 2. The summed E-state index contributed by atoms with van der Waals surface area (Å²) in [5, 5.41) is 0. The van der Waals surface area contributed by atoms with E-state index in [0.29, 0.717) is 11.3 Å². The molecule has 1 unspecified atom stereocenters. The van der Waals surface area contributed by atoms with Gasteiger partial charge in [-0.1, -0.05) is 45.9 Å². The fourth-order valence-corrected chi connectivity index (χ4v) is 3.89. The van der Waals surface area contributed by atoms with Crippen LogP contribution in [0.4, 0.5) is 11.4 Å². The number of Topliss-reactive ketones (excluding diaryl/α,β-unsaturated/α-hetero) is 1. The van der Waals surface area contributed by atoms with Gasteiger partial charge in [0.15, 0.2) is 5.78 Å². The van der Waals surface area contributed by atoms with E-state index in [1.165, 1.54) is 0 Å². The molecule has 0 aliphatic carbocycles. The second-order valence-corrected chi connectivity index (χ2v) is 7.82. The first-order chi connectivity index (χ1) is 11.0. The van der Waals surface area contributed by atoms with Crippen LogP contribution in [0, 0.1) is 0 Å². The highest BCUT2D eigenvalue weighted by atomic mass is 79.9. The lowest BCUT2D eigenvalue weighted by Gasteiger charge is -2.31. The average Bonchev–Trinajstić information content (AvgIpc) is 2.57. The third-order valence-electron chi connectivity index (χ3n) is 3.54. The van der Waals surface area contributed by atoms with Gasteiger partial charge in [-0.2, -0.15) is 0 Å². The molecule has 1 aliphatic heterocycles. The summed E-state index contributed by atoms with van der Waals surface area (Å²) in [6.07, 6.45) is 0.